The smallest absolute Gasteiger partial charge is 0.229 e. The van der Waals surface area contributed by atoms with Crippen molar-refractivity contribution in [2.75, 3.05) is 0 Å². The topological polar surface area (TPSA) is 48.1 Å². The second-order valence-electron chi connectivity index (χ2n) is 4.84. The zero-order valence-corrected chi connectivity index (χ0v) is 11.8. The van der Waals surface area contributed by atoms with Crippen LogP contribution in [0.5, 0.6) is 11.6 Å². The maximum atomic E-state index is 13.7. The molecule has 3 rings (SSSR count). The van der Waals surface area contributed by atoms with E-state index in [1.54, 1.807) is 0 Å². The number of ether oxygens (including phenoxy) is 1. The van der Waals surface area contributed by atoms with E-state index < -0.39 is 11.6 Å². The Morgan fingerprint density at radius 2 is 2.05 bits per heavy atom. The van der Waals surface area contributed by atoms with Gasteiger partial charge in [-0.05, 0) is 43.0 Å². The fourth-order valence-electron chi connectivity index (χ4n) is 2.37. The Bertz CT molecular complexity index is 734. The van der Waals surface area contributed by atoms with Crippen LogP contribution in [-0.4, -0.2) is 9.97 Å². The van der Waals surface area contributed by atoms with Crippen molar-refractivity contribution in [3.05, 3.63) is 52.7 Å². The fourth-order valence-corrected chi connectivity index (χ4v) is 2.51. The average molecular weight is 306 g/mol. The molecule has 1 aliphatic rings. The van der Waals surface area contributed by atoms with Crippen LogP contribution in [-0.2, 0) is 12.8 Å². The van der Waals surface area contributed by atoms with Gasteiger partial charge in [0, 0.05) is 11.8 Å². The predicted molar refractivity (Wildman–Crippen MR) is 78.6 cm³/mol. The number of hydrogen-bond acceptors (Lipinski definition) is 3. The summed E-state index contributed by atoms with van der Waals surface area (Å²) in [6.45, 7) is 0. The largest absolute Gasteiger partial charge is 0.435 e. The number of halogens is 2. The average Bonchev–Trinajstić information content (AvgIpc) is 2.89. The van der Waals surface area contributed by atoms with Crippen LogP contribution >= 0.6 is 12.2 Å². The Morgan fingerprint density at radius 1 is 1.24 bits per heavy atom. The SMILES string of the molecule is NC(=S)c1cc2c(nc1Oc1cc(F)ccc1F)CCC2. The van der Waals surface area contributed by atoms with Gasteiger partial charge in [-0.15, -0.1) is 0 Å². The molecule has 1 aromatic carbocycles. The molecule has 0 saturated heterocycles. The standard InChI is InChI=1S/C15H12F2N2OS/c16-9-4-5-11(17)13(7-9)20-15-10(14(18)21)6-8-2-1-3-12(8)19-15/h4-7H,1-3H2,(H2,18,21). The summed E-state index contributed by atoms with van der Waals surface area (Å²) in [5, 5.41) is 0. The molecule has 6 heteroatoms. The van der Waals surface area contributed by atoms with Crippen LogP contribution in [0.3, 0.4) is 0 Å². The van der Waals surface area contributed by atoms with Crippen molar-refractivity contribution < 1.29 is 13.5 Å². The van der Waals surface area contributed by atoms with E-state index in [1.807, 2.05) is 6.07 Å². The second-order valence-corrected chi connectivity index (χ2v) is 5.28. The zero-order chi connectivity index (χ0) is 15.0. The van der Waals surface area contributed by atoms with Crippen LogP contribution in [0.4, 0.5) is 8.78 Å². The highest BCUT2D eigenvalue weighted by atomic mass is 32.1. The lowest BCUT2D eigenvalue weighted by atomic mass is 10.1. The summed E-state index contributed by atoms with van der Waals surface area (Å²) >= 11 is 4.99. The highest BCUT2D eigenvalue weighted by molar-refractivity contribution is 7.80. The molecule has 1 aromatic heterocycles. The molecule has 0 amide bonds. The van der Waals surface area contributed by atoms with Gasteiger partial charge >= 0.3 is 0 Å². The van der Waals surface area contributed by atoms with E-state index in [-0.39, 0.29) is 16.6 Å². The summed E-state index contributed by atoms with van der Waals surface area (Å²) in [5.41, 5.74) is 8.08. The summed E-state index contributed by atoms with van der Waals surface area (Å²) < 4.78 is 32.3. The molecule has 0 unspecified atom stereocenters. The fraction of sp³-hybridized carbons (Fsp3) is 0.200. The van der Waals surface area contributed by atoms with E-state index in [4.69, 9.17) is 22.7 Å². The highest BCUT2D eigenvalue weighted by Crippen LogP contribution is 2.31. The molecule has 2 aromatic rings. The molecule has 1 heterocycles. The van der Waals surface area contributed by atoms with Crippen LogP contribution in [0.2, 0.25) is 0 Å². The molecule has 0 saturated carbocycles. The number of benzene rings is 1. The number of rotatable bonds is 3. The van der Waals surface area contributed by atoms with Crippen LogP contribution < -0.4 is 10.5 Å². The maximum absolute atomic E-state index is 13.7. The first-order chi connectivity index (χ1) is 10.0. The van der Waals surface area contributed by atoms with E-state index in [9.17, 15) is 8.78 Å². The molecule has 0 atom stereocenters. The molecule has 2 N–H and O–H groups in total. The lowest BCUT2D eigenvalue weighted by Crippen LogP contribution is -2.13. The van der Waals surface area contributed by atoms with Crippen molar-refractivity contribution in [2.24, 2.45) is 5.73 Å². The van der Waals surface area contributed by atoms with Crippen LogP contribution in [0.25, 0.3) is 0 Å². The van der Waals surface area contributed by atoms with Gasteiger partial charge < -0.3 is 10.5 Å². The summed E-state index contributed by atoms with van der Waals surface area (Å²) in [5.74, 6) is -1.39. The van der Waals surface area contributed by atoms with Crippen LogP contribution in [0.15, 0.2) is 24.3 Å². The monoisotopic (exact) mass is 306 g/mol. The number of fused-ring (bicyclic) bond motifs is 1. The third-order valence-electron chi connectivity index (χ3n) is 3.38. The van der Waals surface area contributed by atoms with E-state index in [0.29, 0.717) is 5.56 Å². The first-order valence-corrected chi connectivity index (χ1v) is 6.91. The molecule has 21 heavy (non-hydrogen) atoms. The van der Waals surface area contributed by atoms with Gasteiger partial charge in [0.15, 0.2) is 11.6 Å². The summed E-state index contributed by atoms with van der Waals surface area (Å²) in [7, 11) is 0. The number of pyridine rings is 1. The molecule has 1 aliphatic carbocycles. The first-order valence-electron chi connectivity index (χ1n) is 6.50. The summed E-state index contributed by atoms with van der Waals surface area (Å²) in [6.07, 6.45) is 2.73. The molecule has 3 nitrogen and oxygen atoms in total. The Labute approximate surface area is 125 Å². The van der Waals surface area contributed by atoms with E-state index >= 15 is 0 Å². The third-order valence-corrected chi connectivity index (χ3v) is 3.60. The van der Waals surface area contributed by atoms with Crippen LogP contribution in [0, 0.1) is 11.6 Å². The quantitative estimate of drug-likeness (QED) is 0.884. The van der Waals surface area contributed by atoms with E-state index in [1.165, 1.54) is 0 Å². The van der Waals surface area contributed by atoms with Crippen molar-refractivity contribution in [3.8, 4) is 11.6 Å². The zero-order valence-electron chi connectivity index (χ0n) is 11.0. The number of aromatic nitrogens is 1. The Hall–Kier alpha value is -2.08. The molecule has 0 spiro atoms. The van der Waals surface area contributed by atoms with Gasteiger partial charge in [-0.1, -0.05) is 12.2 Å². The molecule has 0 aliphatic heterocycles. The summed E-state index contributed by atoms with van der Waals surface area (Å²) in [4.78, 5) is 4.48. The molecule has 108 valence electrons. The van der Waals surface area contributed by atoms with Crippen molar-refractivity contribution >= 4 is 17.2 Å². The summed E-state index contributed by atoms with van der Waals surface area (Å²) in [6, 6.07) is 4.81. The lowest BCUT2D eigenvalue weighted by molar-refractivity contribution is 0.420. The minimum absolute atomic E-state index is 0.115. The number of nitrogens with two attached hydrogens (primary N) is 1. The van der Waals surface area contributed by atoms with Gasteiger partial charge in [-0.3, -0.25) is 0 Å². The van der Waals surface area contributed by atoms with Crippen molar-refractivity contribution in [3.63, 3.8) is 0 Å². The molecule has 0 bridgehead atoms. The van der Waals surface area contributed by atoms with E-state index in [2.05, 4.69) is 4.98 Å². The van der Waals surface area contributed by atoms with Crippen LogP contribution in [0.1, 0.15) is 23.2 Å². The van der Waals surface area contributed by atoms with Gasteiger partial charge in [0.25, 0.3) is 0 Å². The number of nitrogens with zero attached hydrogens (tertiary/aromatic N) is 1. The highest BCUT2D eigenvalue weighted by Gasteiger charge is 2.20. The second kappa shape index (κ2) is 5.37. The third kappa shape index (κ3) is 2.71. The minimum atomic E-state index is -0.674. The number of aryl methyl sites for hydroxylation is 2. The Morgan fingerprint density at radius 3 is 2.81 bits per heavy atom. The van der Waals surface area contributed by atoms with Gasteiger partial charge in [-0.25, -0.2) is 13.8 Å². The van der Waals surface area contributed by atoms with Gasteiger partial charge in [0.05, 0.1) is 5.56 Å². The van der Waals surface area contributed by atoms with E-state index in [0.717, 1.165) is 48.7 Å². The molecule has 0 fully saturated rings. The lowest BCUT2D eigenvalue weighted by Gasteiger charge is -2.12. The molecular weight excluding hydrogens is 294 g/mol. The van der Waals surface area contributed by atoms with Crippen molar-refractivity contribution in [1.82, 2.24) is 4.98 Å². The van der Waals surface area contributed by atoms with Gasteiger partial charge in [0.1, 0.15) is 10.8 Å². The Kier molecular flexibility index (Phi) is 3.55. The first kappa shape index (κ1) is 13.9. The number of thiocarbonyl (C=S) groups is 1. The minimum Gasteiger partial charge on any atom is -0.435 e. The normalized spacial score (nSPS) is 13.0. The molecular formula is C15H12F2N2OS. The maximum Gasteiger partial charge on any atom is 0.229 e. The molecule has 0 radical (unpaired) electrons. The van der Waals surface area contributed by atoms with Gasteiger partial charge in [0.2, 0.25) is 5.88 Å². The predicted octanol–water partition coefficient (Wildman–Crippen LogP) is 3.28. The number of hydrogen-bond donors (Lipinski definition) is 1. The van der Waals surface area contributed by atoms with Crippen molar-refractivity contribution in [1.29, 1.82) is 0 Å². The Balaban J connectivity index is 2.05. The van der Waals surface area contributed by atoms with Crippen molar-refractivity contribution in [2.45, 2.75) is 19.3 Å². The van der Waals surface area contributed by atoms with Gasteiger partial charge in [-0.2, -0.15) is 0 Å².